The summed E-state index contributed by atoms with van der Waals surface area (Å²) < 4.78 is 5.00. The standard InChI is InChI=1S/C14H25NO2/c1-6-7-15-14(12(16)17-5)9-11(2)8-13(3,4)10-14/h6,11,15H,1,7-10H2,2-5H3. The van der Waals surface area contributed by atoms with E-state index in [-0.39, 0.29) is 11.4 Å². The third-order valence-corrected chi connectivity index (χ3v) is 3.54. The van der Waals surface area contributed by atoms with Crippen LogP contribution in [0.25, 0.3) is 0 Å². The topological polar surface area (TPSA) is 38.3 Å². The second-order valence-corrected chi connectivity index (χ2v) is 6.10. The van der Waals surface area contributed by atoms with Crippen LogP contribution in [-0.4, -0.2) is 25.2 Å². The van der Waals surface area contributed by atoms with E-state index in [4.69, 9.17) is 4.74 Å². The van der Waals surface area contributed by atoms with Crippen molar-refractivity contribution in [3.05, 3.63) is 12.7 Å². The van der Waals surface area contributed by atoms with Gasteiger partial charge in [0.2, 0.25) is 0 Å². The molecule has 0 saturated heterocycles. The van der Waals surface area contributed by atoms with Crippen LogP contribution < -0.4 is 5.32 Å². The highest BCUT2D eigenvalue weighted by Crippen LogP contribution is 2.44. The van der Waals surface area contributed by atoms with Gasteiger partial charge in [-0.15, -0.1) is 6.58 Å². The number of carbonyl (C=O) groups is 1. The quantitative estimate of drug-likeness (QED) is 0.605. The first kappa shape index (κ1) is 14.2. The molecule has 0 aromatic carbocycles. The van der Waals surface area contributed by atoms with Crippen LogP contribution in [0.15, 0.2) is 12.7 Å². The summed E-state index contributed by atoms with van der Waals surface area (Å²) in [6.07, 6.45) is 4.61. The third-order valence-electron chi connectivity index (χ3n) is 3.54. The molecule has 0 spiro atoms. The summed E-state index contributed by atoms with van der Waals surface area (Å²) in [6.45, 7) is 11.0. The maximum atomic E-state index is 12.1. The number of methoxy groups -OCH3 is 1. The van der Waals surface area contributed by atoms with Crippen molar-refractivity contribution in [3.8, 4) is 0 Å². The monoisotopic (exact) mass is 239 g/mol. The molecule has 0 heterocycles. The maximum Gasteiger partial charge on any atom is 0.326 e. The molecule has 1 rings (SSSR count). The second-order valence-electron chi connectivity index (χ2n) is 6.10. The Labute approximate surface area is 105 Å². The molecule has 1 saturated carbocycles. The minimum atomic E-state index is -0.538. The number of hydrogen-bond donors (Lipinski definition) is 1. The lowest BCUT2D eigenvalue weighted by Gasteiger charge is -2.46. The van der Waals surface area contributed by atoms with E-state index in [2.05, 4.69) is 32.7 Å². The fourth-order valence-corrected chi connectivity index (χ4v) is 3.40. The van der Waals surface area contributed by atoms with Gasteiger partial charge in [-0.2, -0.15) is 0 Å². The zero-order chi connectivity index (χ0) is 13.1. The van der Waals surface area contributed by atoms with E-state index in [0.717, 1.165) is 19.3 Å². The molecule has 3 heteroatoms. The summed E-state index contributed by atoms with van der Waals surface area (Å²) in [5.74, 6) is 0.383. The Morgan fingerprint density at radius 2 is 2.18 bits per heavy atom. The molecule has 0 aromatic heterocycles. The van der Waals surface area contributed by atoms with Crippen LogP contribution in [0.5, 0.6) is 0 Å². The van der Waals surface area contributed by atoms with Crippen molar-refractivity contribution in [2.24, 2.45) is 11.3 Å². The van der Waals surface area contributed by atoms with Crippen LogP contribution in [0.2, 0.25) is 0 Å². The van der Waals surface area contributed by atoms with Crippen LogP contribution in [0.1, 0.15) is 40.0 Å². The van der Waals surface area contributed by atoms with Gasteiger partial charge in [0, 0.05) is 6.54 Å². The number of hydrogen-bond acceptors (Lipinski definition) is 3. The molecule has 3 nitrogen and oxygen atoms in total. The van der Waals surface area contributed by atoms with E-state index in [1.807, 2.05) is 0 Å². The van der Waals surface area contributed by atoms with Gasteiger partial charge in [0.05, 0.1) is 7.11 Å². The van der Waals surface area contributed by atoms with Gasteiger partial charge in [-0.1, -0.05) is 26.8 Å². The van der Waals surface area contributed by atoms with Gasteiger partial charge >= 0.3 is 5.97 Å². The second kappa shape index (κ2) is 5.21. The van der Waals surface area contributed by atoms with Gasteiger partial charge in [0.25, 0.3) is 0 Å². The van der Waals surface area contributed by atoms with E-state index in [1.54, 1.807) is 6.08 Å². The third kappa shape index (κ3) is 3.32. The van der Waals surface area contributed by atoms with E-state index in [1.165, 1.54) is 7.11 Å². The summed E-state index contributed by atoms with van der Waals surface area (Å²) in [5, 5.41) is 3.33. The number of rotatable bonds is 4. The molecule has 1 N–H and O–H groups in total. The largest absolute Gasteiger partial charge is 0.468 e. The van der Waals surface area contributed by atoms with Gasteiger partial charge in [-0.25, -0.2) is 0 Å². The Bertz CT molecular complexity index is 299. The van der Waals surface area contributed by atoms with Crippen molar-refractivity contribution in [2.75, 3.05) is 13.7 Å². The summed E-state index contributed by atoms with van der Waals surface area (Å²) in [5.41, 5.74) is -0.371. The molecular weight excluding hydrogens is 214 g/mol. The molecule has 0 amide bonds. The van der Waals surface area contributed by atoms with Crippen LogP contribution in [0.3, 0.4) is 0 Å². The predicted octanol–water partition coefficient (Wildman–Crippen LogP) is 2.52. The van der Waals surface area contributed by atoms with Crippen molar-refractivity contribution >= 4 is 5.97 Å². The zero-order valence-corrected chi connectivity index (χ0v) is 11.5. The predicted molar refractivity (Wildman–Crippen MR) is 69.7 cm³/mol. The number of esters is 1. The Morgan fingerprint density at radius 1 is 1.53 bits per heavy atom. The lowest BCUT2D eigenvalue weighted by atomic mass is 9.64. The van der Waals surface area contributed by atoms with Gasteiger partial charge < -0.3 is 4.74 Å². The summed E-state index contributed by atoms with van der Waals surface area (Å²) in [6, 6.07) is 0. The molecule has 0 aromatic rings. The lowest BCUT2D eigenvalue weighted by molar-refractivity contribution is -0.153. The summed E-state index contributed by atoms with van der Waals surface area (Å²) >= 11 is 0. The molecule has 98 valence electrons. The average Bonchev–Trinajstić information content (AvgIpc) is 2.22. The maximum absolute atomic E-state index is 12.1. The minimum Gasteiger partial charge on any atom is -0.468 e. The van der Waals surface area contributed by atoms with E-state index in [9.17, 15) is 4.79 Å². The van der Waals surface area contributed by atoms with Crippen molar-refractivity contribution in [1.29, 1.82) is 0 Å². The molecule has 1 fully saturated rings. The van der Waals surface area contributed by atoms with Crippen molar-refractivity contribution < 1.29 is 9.53 Å². The Morgan fingerprint density at radius 3 is 2.65 bits per heavy atom. The number of nitrogens with one attached hydrogen (secondary N) is 1. The first-order chi connectivity index (χ1) is 7.85. The molecule has 0 aliphatic heterocycles. The summed E-state index contributed by atoms with van der Waals surface area (Å²) in [4.78, 5) is 12.1. The average molecular weight is 239 g/mol. The first-order valence-electron chi connectivity index (χ1n) is 6.29. The normalized spacial score (nSPS) is 31.9. The Balaban J connectivity index is 2.95. The van der Waals surface area contributed by atoms with Crippen LogP contribution in [0.4, 0.5) is 0 Å². The minimum absolute atomic E-state index is 0.140. The SMILES string of the molecule is C=CCNC1(C(=O)OC)CC(C)CC(C)(C)C1. The molecule has 0 radical (unpaired) electrons. The smallest absolute Gasteiger partial charge is 0.326 e. The zero-order valence-electron chi connectivity index (χ0n) is 11.5. The highest BCUT2D eigenvalue weighted by Gasteiger charge is 2.48. The first-order valence-corrected chi connectivity index (χ1v) is 6.29. The van der Waals surface area contributed by atoms with Crippen LogP contribution in [0, 0.1) is 11.3 Å². The molecular formula is C14H25NO2. The number of ether oxygens (including phenoxy) is 1. The molecule has 1 aliphatic rings. The fraction of sp³-hybridized carbons (Fsp3) is 0.786. The fourth-order valence-electron chi connectivity index (χ4n) is 3.40. The highest BCUT2D eigenvalue weighted by molar-refractivity contribution is 5.81. The van der Waals surface area contributed by atoms with E-state index in [0.29, 0.717) is 12.5 Å². The van der Waals surface area contributed by atoms with Crippen molar-refractivity contribution in [3.63, 3.8) is 0 Å². The van der Waals surface area contributed by atoms with Crippen LogP contribution >= 0.6 is 0 Å². The van der Waals surface area contributed by atoms with Gasteiger partial charge in [-0.3, -0.25) is 10.1 Å². The van der Waals surface area contributed by atoms with Gasteiger partial charge in [0.15, 0.2) is 0 Å². The van der Waals surface area contributed by atoms with Crippen LogP contribution in [-0.2, 0) is 9.53 Å². The lowest BCUT2D eigenvalue weighted by Crippen LogP contribution is -2.58. The van der Waals surface area contributed by atoms with E-state index >= 15 is 0 Å². The Hall–Kier alpha value is -0.830. The highest BCUT2D eigenvalue weighted by atomic mass is 16.5. The number of carbonyl (C=O) groups excluding carboxylic acids is 1. The van der Waals surface area contributed by atoms with E-state index < -0.39 is 5.54 Å². The van der Waals surface area contributed by atoms with Gasteiger partial charge in [-0.05, 0) is 30.6 Å². The molecule has 1 aliphatic carbocycles. The molecule has 2 unspecified atom stereocenters. The molecule has 0 bridgehead atoms. The van der Waals surface area contributed by atoms with Crippen molar-refractivity contribution in [2.45, 2.75) is 45.6 Å². The molecule has 2 atom stereocenters. The van der Waals surface area contributed by atoms with Crippen molar-refractivity contribution in [1.82, 2.24) is 5.32 Å². The van der Waals surface area contributed by atoms with Gasteiger partial charge in [0.1, 0.15) is 5.54 Å². The summed E-state index contributed by atoms with van der Waals surface area (Å²) in [7, 11) is 1.46. The Kier molecular flexibility index (Phi) is 4.36. The molecule has 17 heavy (non-hydrogen) atoms.